The molecule has 0 N–H and O–H groups in total. The number of hydrogen-bond acceptors (Lipinski definition) is 2. The molecular formula is C8H10N2O. The van der Waals surface area contributed by atoms with Crippen molar-refractivity contribution in [2.75, 3.05) is 7.11 Å². The Morgan fingerprint density at radius 1 is 1.73 bits per heavy atom. The van der Waals surface area contributed by atoms with Gasteiger partial charge in [0, 0.05) is 6.07 Å². The highest BCUT2D eigenvalue weighted by atomic mass is 16.5. The van der Waals surface area contributed by atoms with Crippen molar-refractivity contribution in [3.8, 4) is 17.7 Å². The number of hydrogen-bond donors (Lipinski definition) is 0. The first kappa shape index (κ1) is 7.67. The van der Waals surface area contributed by atoms with Crippen LogP contribution >= 0.6 is 0 Å². The van der Waals surface area contributed by atoms with Crippen molar-refractivity contribution in [3.63, 3.8) is 0 Å². The van der Waals surface area contributed by atoms with Crippen LogP contribution in [-0.2, 0) is 6.54 Å². The van der Waals surface area contributed by atoms with Gasteiger partial charge in [-0.1, -0.05) is 5.92 Å². The van der Waals surface area contributed by atoms with E-state index in [1.807, 2.05) is 0 Å². The highest BCUT2D eigenvalue weighted by molar-refractivity contribution is 5.09. The fourth-order valence-corrected chi connectivity index (χ4v) is 0.767. The molecule has 3 nitrogen and oxygen atoms in total. The molecule has 0 atom stereocenters. The van der Waals surface area contributed by atoms with E-state index in [0.717, 1.165) is 5.88 Å². The van der Waals surface area contributed by atoms with Gasteiger partial charge in [0.05, 0.1) is 13.3 Å². The third kappa shape index (κ3) is 1.74. The lowest BCUT2D eigenvalue weighted by Crippen LogP contribution is -2.00. The van der Waals surface area contributed by atoms with Gasteiger partial charge in [-0.2, -0.15) is 5.10 Å². The van der Waals surface area contributed by atoms with E-state index < -0.39 is 0 Å². The van der Waals surface area contributed by atoms with Gasteiger partial charge in [-0.25, -0.2) is 4.68 Å². The molecule has 58 valence electrons. The van der Waals surface area contributed by atoms with Crippen LogP contribution in [0.3, 0.4) is 0 Å². The first-order valence-electron chi connectivity index (χ1n) is 3.34. The van der Waals surface area contributed by atoms with Gasteiger partial charge in [-0.05, 0) is 6.92 Å². The molecule has 0 unspecified atom stereocenters. The third-order valence-corrected chi connectivity index (χ3v) is 1.29. The van der Waals surface area contributed by atoms with E-state index in [1.54, 1.807) is 31.0 Å². The number of methoxy groups -OCH3 is 1. The Balaban J connectivity index is 2.73. The molecular weight excluding hydrogens is 140 g/mol. The molecule has 0 aliphatic heterocycles. The Morgan fingerprint density at radius 3 is 3.18 bits per heavy atom. The zero-order valence-electron chi connectivity index (χ0n) is 6.66. The van der Waals surface area contributed by atoms with Crippen molar-refractivity contribution in [2.24, 2.45) is 0 Å². The van der Waals surface area contributed by atoms with Gasteiger partial charge in [0.15, 0.2) is 0 Å². The maximum atomic E-state index is 5.02. The van der Waals surface area contributed by atoms with E-state index in [-0.39, 0.29) is 0 Å². The minimum Gasteiger partial charge on any atom is -0.481 e. The van der Waals surface area contributed by atoms with Crippen LogP contribution in [0.15, 0.2) is 12.3 Å². The number of ether oxygens (including phenoxy) is 1. The summed E-state index contributed by atoms with van der Waals surface area (Å²) >= 11 is 0. The molecule has 1 rings (SSSR count). The van der Waals surface area contributed by atoms with Gasteiger partial charge in [0.25, 0.3) is 0 Å². The summed E-state index contributed by atoms with van der Waals surface area (Å²) < 4.78 is 6.72. The second-order valence-electron chi connectivity index (χ2n) is 1.96. The van der Waals surface area contributed by atoms with Crippen LogP contribution in [0.25, 0.3) is 0 Å². The van der Waals surface area contributed by atoms with E-state index >= 15 is 0 Å². The fraction of sp³-hybridized carbons (Fsp3) is 0.375. The molecule has 1 aromatic rings. The molecule has 0 saturated heterocycles. The van der Waals surface area contributed by atoms with E-state index in [1.165, 1.54) is 0 Å². The zero-order chi connectivity index (χ0) is 8.10. The smallest absolute Gasteiger partial charge is 0.212 e. The van der Waals surface area contributed by atoms with E-state index in [2.05, 4.69) is 16.9 Å². The summed E-state index contributed by atoms with van der Waals surface area (Å²) in [5.74, 6) is 6.43. The van der Waals surface area contributed by atoms with Gasteiger partial charge in [-0.15, -0.1) is 5.92 Å². The van der Waals surface area contributed by atoms with E-state index in [0.29, 0.717) is 6.54 Å². The van der Waals surface area contributed by atoms with Gasteiger partial charge in [0.2, 0.25) is 5.88 Å². The van der Waals surface area contributed by atoms with E-state index in [4.69, 9.17) is 4.74 Å². The summed E-state index contributed by atoms with van der Waals surface area (Å²) in [5, 5.41) is 4.01. The summed E-state index contributed by atoms with van der Waals surface area (Å²) in [7, 11) is 1.62. The minimum atomic E-state index is 0.590. The Kier molecular flexibility index (Phi) is 2.56. The van der Waals surface area contributed by atoms with Gasteiger partial charge in [-0.3, -0.25) is 0 Å². The Bertz CT molecular complexity index is 280. The molecule has 1 aromatic heterocycles. The molecule has 1 heterocycles. The topological polar surface area (TPSA) is 27.1 Å². The highest BCUT2D eigenvalue weighted by Gasteiger charge is 1.97. The van der Waals surface area contributed by atoms with Gasteiger partial charge in [0.1, 0.15) is 6.54 Å². The molecule has 11 heavy (non-hydrogen) atoms. The fourth-order valence-electron chi connectivity index (χ4n) is 0.767. The predicted molar refractivity (Wildman–Crippen MR) is 42.2 cm³/mol. The van der Waals surface area contributed by atoms with Crippen molar-refractivity contribution in [3.05, 3.63) is 12.3 Å². The summed E-state index contributed by atoms with van der Waals surface area (Å²) in [5.41, 5.74) is 0. The minimum absolute atomic E-state index is 0.590. The second-order valence-corrected chi connectivity index (χ2v) is 1.96. The predicted octanol–water partition coefficient (Wildman–Crippen LogP) is 0.915. The lowest BCUT2D eigenvalue weighted by atomic mass is 10.6. The molecule has 0 radical (unpaired) electrons. The zero-order valence-corrected chi connectivity index (χ0v) is 6.66. The summed E-state index contributed by atoms with van der Waals surface area (Å²) in [4.78, 5) is 0. The van der Waals surface area contributed by atoms with Gasteiger partial charge < -0.3 is 4.74 Å². The van der Waals surface area contributed by atoms with Crippen molar-refractivity contribution in [1.82, 2.24) is 9.78 Å². The number of rotatable bonds is 2. The summed E-state index contributed by atoms with van der Waals surface area (Å²) in [6.07, 6.45) is 1.69. The van der Waals surface area contributed by atoms with Crippen LogP contribution in [-0.4, -0.2) is 16.9 Å². The molecule has 0 aromatic carbocycles. The molecule has 3 heteroatoms. The maximum Gasteiger partial charge on any atom is 0.212 e. The van der Waals surface area contributed by atoms with Crippen molar-refractivity contribution in [2.45, 2.75) is 13.5 Å². The SMILES string of the molecule is CC#CCn1nccc1OC. The lowest BCUT2D eigenvalue weighted by molar-refractivity contribution is 0.369. The van der Waals surface area contributed by atoms with Crippen LogP contribution in [0.1, 0.15) is 6.92 Å². The molecule has 0 aliphatic carbocycles. The second kappa shape index (κ2) is 3.67. The first-order valence-corrected chi connectivity index (χ1v) is 3.34. The molecule has 0 saturated carbocycles. The molecule has 0 fully saturated rings. The lowest BCUT2D eigenvalue weighted by Gasteiger charge is -1.99. The van der Waals surface area contributed by atoms with Crippen LogP contribution in [0.5, 0.6) is 5.88 Å². The Hall–Kier alpha value is -1.43. The van der Waals surface area contributed by atoms with Crippen molar-refractivity contribution in [1.29, 1.82) is 0 Å². The summed E-state index contributed by atoms with van der Waals surface area (Å²) in [6, 6.07) is 1.80. The number of nitrogens with zero attached hydrogens (tertiary/aromatic N) is 2. The van der Waals surface area contributed by atoms with Crippen LogP contribution in [0, 0.1) is 11.8 Å². The average molecular weight is 150 g/mol. The van der Waals surface area contributed by atoms with E-state index in [9.17, 15) is 0 Å². The molecule has 0 spiro atoms. The molecule has 0 bridgehead atoms. The van der Waals surface area contributed by atoms with Crippen LogP contribution in [0.2, 0.25) is 0 Å². The van der Waals surface area contributed by atoms with Crippen LogP contribution < -0.4 is 4.74 Å². The largest absolute Gasteiger partial charge is 0.481 e. The molecule has 0 aliphatic rings. The standard InChI is InChI=1S/C8H10N2O/c1-3-4-7-10-8(11-2)5-6-9-10/h5-6H,7H2,1-2H3. The maximum absolute atomic E-state index is 5.02. The highest BCUT2D eigenvalue weighted by Crippen LogP contribution is 2.06. The Morgan fingerprint density at radius 2 is 2.55 bits per heavy atom. The normalized spacial score (nSPS) is 8.55. The summed E-state index contributed by atoms with van der Waals surface area (Å²) in [6.45, 7) is 2.39. The van der Waals surface area contributed by atoms with Crippen LogP contribution in [0.4, 0.5) is 0 Å². The first-order chi connectivity index (χ1) is 5.38. The monoisotopic (exact) mass is 150 g/mol. The van der Waals surface area contributed by atoms with Crippen molar-refractivity contribution >= 4 is 0 Å². The van der Waals surface area contributed by atoms with Gasteiger partial charge >= 0.3 is 0 Å². The third-order valence-electron chi connectivity index (χ3n) is 1.29. The van der Waals surface area contributed by atoms with Crippen molar-refractivity contribution < 1.29 is 4.74 Å². The number of aromatic nitrogens is 2. The molecule has 0 amide bonds. The quantitative estimate of drug-likeness (QED) is 0.586. The average Bonchev–Trinajstić information content (AvgIpc) is 2.47. The Labute approximate surface area is 66.0 Å².